The fourth-order valence-corrected chi connectivity index (χ4v) is 2.47. The number of aromatic nitrogens is 1. The summed E-state index contributed by atoms with van der Waals surface area (Å²) in [6.07, 6.45) is 3.13. The van der Waals surface area contributed by atoms with Gasteiger partial charge in [-0.3, -0.25) is 4.98 Å². The van der Waals surface area contributed by atoms with Crippen LogP contribution in [0.5, 0.6) is 5.75 Å². The Bertz CT molecular complexity index is 599. The maximum atomic E-state index is 6.23. The maximum Gasteiger partial charge on any atom is 0.139 e. The molecular weight excluding hydrogens is 272 g/mol. The molecule has 0 radical (unpaired) electrons. The van der Waals surface area contributed by atoms with Gasteiger partial charge in [0.2, 0.25) is 0 Å². The maximum absolute atomic E-state index is 6.23. The van der Waals surface area contributed by atoms with E-state index < -0.39 is 0 Å². The number of anilines is 1. The van der Waals surface area contributed by atoms with Crippen LogP contribution in [0.25, 0.3) is 10.9 Å². The third-order valence-corrected chi connectivity index (χ3v) is 3.50. The van der Waals surface area contributed by atoms with Gasteiger partial charge in [0.05, 0.1) is 17.6 Å². The molecule has 0 aliphatic carbocycles. The molecular formula is C16H21ClN2O. The molecule has 20 heavy (non-hydrogen) atoms. The van der Waals surface area contributed by atoms with Gasteiger partial charge in [0.1, 0.15) is 5.75 Å². The molecule has 0 aliphatic rings. The normalized spacial score (nSPS) is 10.8. The third kappa shape index (κ3) is 3.15. The summed E-state index contributed by atoms with van der Waals surface area (Å²) in [4.78, 5) is 4.70. The van der Waals surface area contributed by atoms with E-state index in [2.05, 4.69) is 25.2 Å². The number of nitrogens with one attached hydrogen (secondary N) is 1. The summed E-state index contributed by atoms with van der Waals surface area (Å²) in [7, 11) is 1.62. The Balaban J connectivity index is 2.57. The van der Waals surface area contributed by atoms with E-state index in [1.54, 1.807) is 7.11 Å². The second kappa shape index (κ2) is 6.80. The standard InChI is InChI=1S/C16H21ClN2O/c1-4-6-11-8-14(18-7-5-2)12-9-13(17)16(20-3)10-15(12)19-11/h8-10H,4-7H2,1-3H3,(H,18,19). The van der Waals surface area contributed by atoms with Crippen molar-refractivity contribution in [3.05, 3.63) is 28.9 Å². The van der Waals surface area contributed by atoms with E-state index >= 15 is 0 Å². The molecule has 1 aromatic heterocycles. The number of hydrogen-bond acceptors (Lipinski definition) is 3. The molecule has 0 spiro atoms. The van der Waals surface area contributed by atoms with Gasteiger partial charge >= 0.3 is 0 Å². The van der Waals surface area contributed by atoms with E-state index in [4.69, 9.17) is 21.3 Å². The van der Waals surface area contributed by atoms with Gasteiger partial charge in [0.25, 0.3) is 0 Å². The van der Waals surface area contributed by atoms with E-state index in [9.17, 15) is 0 Å². The van der Waals surface area contributed by atoms with Crippen LogP contribution >= 0.6 is 11.6 Å². The average molecular weight is 293 g/mol. The fraction of sp³-hybridized carbons (Fsp3) is 0.438. The van der Waals surface area contributed by atoms with Crippen molar-refractivity contribution in [2.24, 2.45) is 0 Å². The summed E-state index contributed by atoms with van der Waals surface area (Å²) in [6, 6.07) is 5.97. The molecule has 0 aliphatic heterocycles. The molecule has 4 heteroatoms. The largest absolute Gasteiger partial charge is 0.495 e. The van der Waals surface area contributed by atoms with Crippen molar-refractivity contribution < 1.29 is 4.74 Å². The molecule has 0 bridgehead atoms. The second-order valence-corrected chi connectivity index (χ2v) is 5.25. The summed E-state index contributed by atoms with van der Waals surface area (Å²) in [5, 5.41) is 5.12. The summed E-state index contributed by atoms with van der Waals surface area (Å²) >= 11 is 6.23. The topological polar surface area (TPSA) is 34.2 Å². The highest BCUT2D eigenvalue weighted by molar-refractivity contribution is 6.33. The molecule has 0 saturated heterocycles. The smallest absolute Gasteiger partial charge is 0.139 e. The Kier molecular flexibility index (Phi) is 5.07. The molecule has 2 rings (SSSR count). The van der Waals surface area contributed by atoms with Gasteiger partial charge < -0.3 is 10.1 Å². The lowest BCUT2D eigenvalue weighted by molar-refractivity contribution is 0.415. The first-order valence-corrected chi connectivity index (χ1v) is 7.48. The highest BCUT2D eigenvalue weighted by Gasteiger charge is 2.10. The summed E-state index contributed by atoms with van der Waals surface area (Å²) < 4.78 is 5.28. The first-order chi connectivity index (χ1) is 9.69. The second-order valence-electron chi connectivity index (χ2n) is 4.84. The third-order valence-electron chi connectivity index (χ3n) is 3.21. The lowest BCUT2D eigenvalue weighted by Gasteiger charge is -2.13. The Hall–Kier alpha value is -1.48. The monoisotopic (exact) mass is 292 g/mol. The number of aryl methyl sites for hydroxylation is 1. The zero-order chi connectivity index (χ0) is 14.5. The van der Waals surface area contributed by atoms with Crippen molar-refractivity contribution in [1.29, 1.82) is 0 Å². The number of methoxy groups -OCH3 is 1. The summed E-state index contributed by atoms with van der Waals surface area (Å²) in [6.45, 7) is 5.25. The first-order valence-electron chi connectivity index (χ1n) is 7.10. The van der Waals surface area contributed by atoms with E-state index in [1.165, 1.54) is 0 Å². The van der Waals surface area contributed by atoms with Gasteiger partial charge in [0, 0.05) is 29.4 Å². The van der Waals surface area contributed by atoms with E-state index in [0.29, 0.717) is 10.8 Å². The van der Waals surface area contributed by atoms with Gasteiger partial charge in [0.15, 0.2) is 0 Å². The van der Waals surface area contributed by atoms with Crippen LogP contribution in [-0.2, 0) is 6.42 Å². The number of benzene rings is 1. The van der Waals surface area contributed by atoms with E-state index in [1.807, 2.05) is 12.1 Å². The van der Waals surface area contributed by atoms with Crippen LogP contribution in [0.15, 0.2) is 18.2 Å². The predicted molar refractivity (Wildman–Crippen MR) is 86.1 cm³/mol. The van der Waals surface area contributed by atoms with Gasteiger partial charge in [-0.1, -0.05) is 31.9 Å². The van der Waals surface area contributed by atoms with Gasteiger partial charge in [-0.2, -0.15) is 0 Å². The van der Waals surface area contributed by atoms with Gasteiger partial charge in [-0.05, 0) is 25.0 Å². The lowest BCUT2D eigenvalue weighted by atomic mass is 10.1. The number of halogens is 1. The molecule has 0 unspecified atom stereocenters. The molecule has 0 atom stereocenters. The number of rotatable bonds is 6. The molecule has 3 nitrogen and oxygen atoms in total. The minimum absolute atomic E-state index is 0.615. The molecule has 2 aromatic rings. The fourth-order valence-electron chi connectivity index (χ4n) is 2.23. The van der Waals surface area contributed by atoms with Crippen LogP contribution in [0.2, 0.25) is 5.02 Å². The number of ether oxygens (including phenoxy) is 1. The van der Waals surface area contributed by atoms with Crippen molar-refractivity contribution in [2.75, 3.05) is 19.0 Å². The van der Waals surface area contributed by atoms with Crippen LogP contribution < -0.4 is 10.1 Å². The Morgan fingerprint density at radius 2 is 2.00 bits per heavy atom. The minimum atomic E-state index is 0.615. The molecule has 0 saturated carbocycles. The van der Waals surface area contributed by atoms with Crippen molar-refractivity contribution in [3.8, 4) is 5.75 Å². The molecule has 108 valence electrons. The molecule has 1 N–H and O–H groups in total. The molecule has 1 heterocycles. The van der Waals surface area contributed by atoms with E-state index in [-0.39, 0.29) is 0 Å². The van der Waals surface area contributed by atoms with Crippen LogP contribution in [0.1, 0.15) is 32.4 Å². The van der Waals surface area contributed by atoms with Crippen LogP contribution in [0.4, 0.5) is 5.69 Å². The first kappa shape index (κ1) is 14.9. The molecule has 0 fully saturated rings. The van der Waals surface area contributed by atoms with Crippen LogP contribution in [0, 0.1) is 0 Å². The number of fused-ring (bicyclic) bond motifs is 1. The lowest BCUT2D eigenvalue weighted by Crippen LogP contribution is -2.03. The van der Waals surface area contributed by atoms with Crippen molar-refractivity contribution in [2.45, 2.75) is 33.1 Å². The van der Waals surface area contributed by atoms with Crippen LogP contribution in [-0.4, -0.2) is 18.6 Å². The highest BCUT2D eigenvalue weighted by Crippen LogP contribution is 2.33. The Labute approximate surface area is 125 Å². The Morgan fingerprint density at radius 3 is 2.65 bits per heavy atom. The quantitative estimate of drug-likeness (QED) is 0.840. The van der Waals surface area contributed by atoms with Crippen LogP contribution in [0.3, 0.4) is 0 Å². The molecule has 0 amide bonds. The number of nitrogens with zero attached hydrogens (tertiary/aromatic N) is 1. The number of pyridine rings is 1. The zero-order valence-electron chi connectivity index (χ0n) is 12.3. The van der Waals surface area contributed by atoms with Gasteiger partial charge in [-0.25, -0.2) is 0 Å². The van der Waals surface area contributed by atoms with Crippen molar-refractivity contribution in [1.82, 2.24) is 4.98 Å². The predicted octanol–water partition coefficient (Wildman–Crippen LogP) is 4.67. The van der Waals surface area contributed by atoms with Gasteiger partial charge in [-0.15, -0.1) is 0 Å². The average Bonchev–Trinajstić information content (AvgIpc) is 2.45. The highest BCUT2D eigenvalue weighted by atomic mass is 35.5. The number of hydrogen-bond donors (Lipinski definition) is 1. The summed E-state index contributed by atoms with van der Waals surface area (Å²) in [5.41, 5.74) is 3.13. The summed E-state index contributed by atoms with van der Waals surface area (Å²) in [5.74, 6) is 0.668. The Morgan fingerprint density at radius 1 is 1.20 bits per heavy atom. The molecule has 1 aromatic carbocycles. The zero-order valence-corrected chi connectivity index (χ0v) is 13.0. The SMILES string of the molecule is CCCNc1cc(CCC)nc2cc(OC)c(Cl)cc12. The van der Waals surface area contributed by atoms with Crippen molar-refractivity contribution in [3.63, 3.8) is 0 Å². The minimum Gasteiger partial charge on any atom is -0.495 e. The van der Waals surface area contributed by atoms with E-state index in [0.717, 1.165) is 48.1 Å². The van der Waals surface area contributed by atoms with Crippen molar-refractivity contribution >= 4 is 28.2 Å².